The average molecular weight is 343 g/mol. The molecule has 1 saturated heterocycles. The number of carbonyl (C=O) groups is 1. The fraction of sp³-hybridized carbons (Fsp3) is 0.368. The van der Waals surface area contributed by atoms with Crippen LogP contribution in [0, 0.1) is 11.7 Å². The number of halogens is 1. The molecule has 1 amide bonds. The Kier molecular flexibility index (Phi) is 5.60. The Morgan fingerprint density at radius 2 is 2.28 bits per heavy atom. The average Bonchev–Trinajstić information content (AvgIpc) is 2.61. The third kappa shape index (κ3) is 5.00. The third-order valence-electron chi connectivity index (χ3n) is 4.28. The van der Waals surface area contributed by atoms with Gasteiger partial charge in [0.05, 0.1) is 0 Å². The van der Waals surface area contributed by atoms with Crippen LogP contribution in [0.2, 0.25) is 0 Å². The lowest BCUT2D eigenvalue weighted by Crippen LogP contribution is -2.42. The number of nitrogens with zero attached hydrogens (tertiary/aromatic N) is 1. The maximum atomic E-state index is 13.1. The van der Waals surface area contributed by atoms with E-state index < -0.39 is 0 Å². The van der Waals surface area contributed by atoms with Crippen LogP contribution < -0.4 is 15.4 Å². The highest BCUT2D eigenvalue weighted by molar-refractivity contribution is 5.78. The summed E-state index contributed by atoms with van der Waals surface area (Å²) < 4.78 is 18.6. The first-order valence-corrected chi connectivity index (χ1v) is 8.49. The molecular formula is C19H22FN3O2. The molecule has 2 atom stereocenters. The van der Waals surface area contributed by atoms with E-state index in [0.29, 0.717) is 24.2 Å². The first-order valence-electron chi connectivity index (χ1n) is 8.49. The molecule has 132 valence electrons. The van der Waals surface area contributed by atoms with Gasteiger partial charge in [-0.1, -0.05) is 12.1 Å². The Balaban J connectivity index is 1.51. The van der Waals surface area contributed by atoms with E-state index in [0.717, 1.165) is 24.9 Å². The third-order valence-corrected chi connectivity index (χ3v) is 4.28. The van der Waals surface area contributed by atoms with Crippen molar-refractivity contribution in [1.29, 1.82) is 0 Å². The van der Waals surface area contributed by atoms with Gasteiger partial charge in [-0.05, 0) is 44.0 Å². The van der Waals surface area contributed by atoms with E-state index in [1.54, 1.807) is 24.4 Å². The van der Waals surface area contributed by atoms with Crippen LogP contribution in [0.25, 0.3) is 0 Å². The van der Waals surface area contributed by atoms with E-state index in [9.17, 15) is 9.18 Å². The molecule has 0 spiro atoms. The molecule has 0 saturated carbocycles. The predicted molar refractivity (Wildman–Crippen MR) is 92.7 cm³/mol. The predicted octanol–water partition coefficient (Wildman–Crippen LogP) is 3.02. The van der Waals surface area contributed by atoms with Gasteiger partial charge in [0.25, 0.3) is 0 Å². The number of rotatable bonds is 5. The van der Waals surface area contributed by atoms with Crippen LogP contribution in [0.1, 0.15) is 25.3 Å². The van der Waals surface area contributed by atoms with E-state index in [1.165, 1.54) is 12.1 Å². The van der Waals surface area contributed by atoms with Gasteiger partial charge in [-0.15, -0.1) is 0 Å². The molecule has 1 aliphatic heterocycles. The number of amides is 1. The van der Waals surface area contributed by atoms with Crippen LogP contribution in [0.15, 0.2) is 42.6 Å². The van der Waals surface area contributed by atoms with Crippen LogP contribution in [-0.4, -0.2) is 23.5 Å². The quantitative estimate of drug-likeness (QED) is 0.876. The molecule has 3 rings (SSSR count). The summed E-state index contributed by atoms with van der Waals surface area (Å²) in [5.41, 5.74) is 0.891. The van der Waals surface area contributed by atoms with Gasteiger partial charge in [0, 0.05) is 36.8 Å². The fourth-order valence-electron chi connectivity index (χ4n) is 2.93. The second-order valence-electron chi connectivity index (χ2n) is 6.36. The zero-order valence-electron chi connectivity index (χ0n) is 14.2. The topological polar surface area (TPSA) is 63.2 Å². The number of piperidine rings is 1. The molecule has 2 aromatic rings. The lowest BCUT2D eigenvalue weighted by atomic mass is 9.92. The lowest BCUT2D eigenvalue weighted by Gasteiger charge is -2.27. The summed E-state index contributed by atoms with van der Waals surface area (Å²) >= 11 is 0. The van der Waals surface area contributed by atoms with Crippen molar-refractivity contribution in [3.63, 3.8) is 0 Å². The van der Waals surface area contributed by atoms with Crippen molar-refractivity contribution in [1.82, 2.24) is 15.6 Å². The van der Waals surface area contributed by atoms with E-state index >= 15 is 0 Å². The SMILES string of the molecule is C[C@H]1C[C@@H](C(=O)NCc2ccc(Oc3cccc(F)c3)nc2)CCN1. The molecule has 0 radical (unpaired) electrons. The highest BCUT2D eigenvalue weighted by Gasteiger charge is 2.24. The van der Waals surface area contributed by atoms with Crippen molar-refractivity contribution in [2.45, 2.75) is 32.4 Å². The number of aromatic nitrogens is 1. The molecule has 2 heterocycles. The van der Waals surface area contributed by atoms with Gasteiger partial charge in [-0.3, -0.25) is 4.79 Å². The van der Waals surface area contributed by atoms with Crippen molar-refractivity contribution in [2.24, 2.45) is 5.92 Å². The van der Waals surface area contributed by atoms with Crippen molar-refractivity contribution < 1.29 is 13.9 Å². The molecule has 0 bridgehead atoms. The van der Waals surface area contributed by atoms with E-state index in [1.807, 2.05) is 6.07 Å². The smallest absolute Gasteiger partial charge is 0.223 e. The Morgan fingerprint density at radius 1 is 1.40 bits per heavy atom. The van der Waals surface area contributed by atoms with Gasteiger partial charge in [0.2, 0.25) is 11.8 Å². The number of benzene rings is 1. The number of hydrogen-bond acceptors (Lipinski definition) is 4. The summed E-state index contributed by atoms with van der Waals surface area (Å²) in [6.45, 7) is 3.41. The Bertz CT molecular complexity index is 721. The molecule has 6 heteroatoms. The minimum atomic E-state index is -0.357. The maximum Gasteiger partial charge on any atom is 0.223 e. The van der Waals surface area contributed by atoms with Gasteiger partial charge < -0.3 is 15.4 Å². The number of ether oxygens (including phenoxy) is 1. The van der Waals surface area contributed by atoms with Gasteiger partial charge >= 0.3 is 0 Å². The molecule has 1 aromatic heterocycles. The lowest BCUT2D eigenvalue weighted by molar-refractivity contribution is -0.126. The summed E-state index contributed by atoms with van der Waals surface area (Å²) in [4.78, 5) is 16.4. The number of nitrogens with one attached hydrogen (secondary N) is 2. The second-order valence-corrected chi connectivity index (χ2v) is 6.36. The first kappa shape index (κ1) is 17.4. The molecular weight excluding hydrogens is 321 g/mol. The molecule has 0 unspecified atom stereocenters. The number of pyridine rings is 1. The largest absolute Gasteiger partial charge is 0.439 e. The molecule has 2 N–H and O–H groups in total. The molecule has 1 aliphatic rings. The molecule has 1 fully saturated rings. The van der Waals surface area contributed by atoms with Crippen molar-refractivity contribution in [3.05, 3.63) is 54.0 Å². The maximum absolute atomic E-state index is 13.1. The highest BCUT2D eigenvalue weighted by Crippen LogP contribution is 2.20. The summed E-state index contributed by atoms with van der Waals surface area (Å²) in [6.07, 6.45) is 3.39. The summed E-state index contributed by atoms with van der Waals surface area (Å²) in [5.74, 6) is 0.582. The first-order chi connectivity index (χ1) is 12.1. The number of hydrogen-bond donors (Lipinski definition) is 2. The zero-order chi connectivity index (χ0) is 17.6. The van der Waals surface area contributed by atoms with E-state index in [-0.39, 0.29) is 17.6 Å². The van der Waals surface area contributed by atoms with Crippen molar-refractivity contribution in [2.75, 3.05) is 6.54 Å². The standard InChI is InChI=1S/C19H22FN3O2/c1-13-9-15(7-8-21-13)19(24)23-12-14-5-6-18(22-11-14)25-17-4-2-3-16(20)10-17/h2-6,10-11,13,15,21H,7-9,12H2,1H3,(H,23,24)/t13-,15-/m0/s1. The van der Waals surface area contributed by atoms with Crippen LogP contribution in [0.3, 0.4) is 0 Å². The Morgan fingerprint density at radius 3 is 3.00 bits per heavy atom. The van der Waals surface area contributed by atoms with Crippen molar-refractivity contribution >= 4 is 5.91 Å². The Labute approximate surface area is 146 Å². The minimum Gasteiger partial charge on any atom is -0.439 e. The molecule has 1 aromatic carbocycles. The van der Waals surface area contributed by atoms with Crippen LogP contribution in [0.4, 0.5) is 4.39 Å². The molecule has 25 heavy (non-hydrogen) atoms. The van der Waals surface area contributed by atoms with Crippen molar-refractivity contribution in [3.8, 4) is 11.6 Å². The normalized spacial score (nSPS) is 20.1. The fourth-order valence-corrected chi connectivity index (χ4v) is 2.93. The minimum absolute atomic E-state index is 0.0693. The van der Waals surface area contributed by atoms with Crippen LogP contribution in [0.5, 0.6) is 11.6 Å². The summed E-state index contributed by atoms with van der Waals surface area (Å²) in [5, 5.41) is 6.31. The van der Waals surface area contributed by atoms with Gasteiger partial charge in [-0.2, -0.15) is 0 Å². The van der Waals surface area contributed by atoms with Crippen LogP contribution in [-0.2, 0) is 11.3 Å². The summed E-state index contributed by atoms with van der Waals surface area (Å²) in [6, 6.07) is 9.83. The van der Waals surface area contributed by atoms with Gasteiger partial charge in [-0.25, -0.2) is 9.37 Å². The zero-order valence-corrected chi connectivity index (χ0v) is 14.2. The molecule has 5 nitrogen and oxygen atoms in total. The van der Waals surface area contributed by atoms with E-state index in [4.69, 9.17) is 4.74 Å². The summed E-state index contributed by atoms with van der Waals surface area (Å²) in [7, 11) is 0. The highest BCUT2D eigenvalue weighted by atomic mass is 19.1. The van der Waals surface area contributed by atoms with Crippen LogP contribution >= 0.6 is 0 Å². The van der Waals surface area contributed by atoms with Gasteiger partial charge in [0.15, 0.2) is 0 Å². The van der Waals surface area contributed by atoms with Gasteiger partial charge in [0.1, 0.15) is 11.6 Å². The van der Waals surface area contributed by atoms with E-state index in [2.05, 4.69) is 22.5 Å². The molecule has 0 aliphatic carbocycles. The Hall–Kier alpha value is -2.47. The number of carbonyl (C=O) groups excluding carboxylic acids is 1. The monoisotopic (exact) mass is 343 g/mol. The second kappa shape index (κ2) is 8.07.